The van der Waals surface area contributed by atoms with Gasteiger partial charge in [-0.1, -0.05) is 41.4 Å². The van der Waals surface area contributed by atoms with Gasteiger partial charge in [0.05, 0.1) is 16.8 Å². The van der Waals surface area contributed by atoms with Crippen LogP contribution < -0.4 is 5.43 Å². The highest BCUT2D eigenvalue weighted by atomic mass is 79.9. The number of halogens is 3. The molecule has 6 heteroatoms. The first-order valence-corrected chi connectivity index (χ1v) is 7.16. The minimum Gasteiger partial charge on any atom is -0.267 e. The molecule has 0 aliphatic rings. The summed E-state index contributed by atoms with van der Waals surface area (Å²) in [5.74, 6) is -0.307. The predicted molar refractivity (Wildman–Crippen MR) is 85.7 cm³/mol. The van der Waals surface area contributed by atoms with Gasteiger partial charge in [0.15, 0.2) is 0 Å². The van der Waals surface area contributed by atoms with E-state index in [0.29, 0.717) is 25.6 Å². The van der Waals surface area contributed by atoms with Gasteiger partial charge in [-0.2, -0.15) is 5.10 Å². The minimum absolute atomic E-state index is 0.307. The van der Waals surface area contributed by atoms with Crippen molar-refractivity contribution in [2.24, 2.45) is 5.10 Å². The molecule has 2 rings (SSSR count). The Labute approximate surface area is 134 Å². The van der Waals surface area contributed by atoms with E-state index in [-0.39, 0.29) is 5.91 Å². The Morgan fingerprint density at radius 2 is 1.95 bits per heavy atom. The lowest BCUT2D eigenvalue weighted by molar-refractivity contribution is 0.0954. The molecule has 1 N–H and O–H groups in total. The topological polar surface area (TPSA) is 41.5 Å². The van der Waals surface area contributed by atoms with Crippen LogP contribution in [0, 0.1) is 0 Å². The van der Waals surface area contributed by atoms with Crippen LogP contribution >= 0.6 is 39.1 Å². The van der Waals surface area contributed by atoms with E-state index in [4.69, 9.17) is 23.2 Å². The second kappa shape index (κ2) is 6.88. The fraction of sp³-hybridized carbons (Fsp3) is 0. The van der Waals surface area contributed by atoms with Gasteiger partial charge in [0, 0.05) is 15.1 Å². The molecule has 0 bridgehead atoms. The highest BCUT2D eigenvalue weighted by molar-refractivity contribution is 9.10. The highest BCUT2D eigenvalue weighted by Gasteiger charge is 2.07. The summed E-state index contributed by atoms with van der Waals surface area (Å²) < 4.78 is 0.706. The van der Waals surface area contributed by atoms with Crippen molar-refractivity contribution < 1.29 is 4.79 Å². The zero-order valence-corrected chi connectivity index (χ0v) is 13.2. The van der Waals surface area contributed by atoms with E-state index < -0.39 is 0 Å². The number of benzene rings is 2. The smallest absolute Gasteiger partial charge is 0.267 e. The maximum absolute atomic E-state index is 11.9. The second-order valence-electron chi connectivity index (χ2n) is 3.84. The monoisotopic (exact) mass is 370 g/mol. The standard InChI is InChI=1S/C14H9BrCl2N2O/c15-12-4-2-1-3-11(12)14(20)19-18-8-9-5-6-10(16)7-13(9)17/h1-8H,(H,19,20). The number of nitrogens with zero attached hydrogens (tertiary/aromatic N) is 1. The molecule has 0 aromatic heterocycles. The van der Waals surface area contributed by atoms with Gasteiger partial charge < -0.3 is 0 Å². The quantitative estimate of drug-likeness (QED) is 0.625. The van der Waals surface area contributed by atoms with Gasteiger partial charge in [-0.25, -0.2) is 5.43 Å². The Bertz CT molecular complexity index is 674. The number of carbonyl (C=O) groups excluding carboxylic acids is 1. The number of carbonyl (C=O) groups is 1. The molecule has 2 aromatic rings. The fourth-order valence-electron chi connectivity index (χ4n) is 1.47. The molecule has 0 saturated heterocycles. The van der Waals surface area contributed by atoms with E-state index in [1.54, 1.807) is 36.4 Å². The zero-order valence-electron chi connectivity index (χ0n) is 10.1. The summed E-state index contributed by atoms with van der Waals surface area (Å²) >= 11 is 15.1. The number of hydrogen-bond acceptors (Lipinski definition) is 2. The molecule has 102 valence electrons. The first-order chi connectivity index (χ1) is 9.58. The molecule has 0 saturated carbocycles. The molecule has 0 spiro atoms. The van der Waals surface area contributed by atoms with Crippen molar-refractivity contribution in [1.82, 2.24) is 5.43 Å². The van der Waals surface area contributed by atoms with E-state index in [0.717, 1.165) is 0 Å². The molecule has 0 radical (unpaired) electrons. The van der Waals surface area contributed by atoms with Crippen LogP contribution in [-0.4, -0.2) is 12.1 Å². The molecule has 2 aromatic carbocycles. The summed E-state index contributed by atoms with van der Waals surface area (Å²) in [6, 6.07) is 12.1. The number of hydrogen-bond donors (Lipinski definition) is 1. The Morgan fingerprint density at radius 1 is 1.20 bits per heavy atom. The fourth-order valence-corrected chi connectivity index (χ4v) is 2.39. The van der Waals surface area contributed by atoms with Gasteiger partial charge in [0.1, 0.15) is 0 Å². The molecule has 3 nitrogen and oxygen atoms in total. The molecule has 0 fully saturated rings. The summed E-state index contributed by atoms with van der Waals surface area (Å²) in [6.07, 6.45) is 1.47. The van der Waals surface area contributed by atoms with Crippen LogP contribution in [0.2, 0.25) is 10.0 Å². The third-order valence-corrected chi connectivity index (χ3v) is 3.70. The lowest BCUT2D eigenvalue weighted by atomic mass is 10.2. The Hall–Kier alpha value is -1.36. The molecule has 0 atom stereocenters. The molecule has 20 heavy (non-hydrogen) atoms. The number of amides is 1. The van der Waals surface area contributed by atoms with Crippen LogP contribution in [0.25, 0.3) is 0 Å². The Kier molecular flexibility index (Phi) is 5.17. The van der Waals surface area contributed by atoms with Crippen molar-refractivity contribution in [3.05, 3.63) is 68.1 Å². The predicted octanol–water partition coefficient (Wildman–Crippen LogP) is 4.52. The summed E-state index contributed by atoms with van der Waals surface area (Å²) in [5.41, 5.74) is 3.62. The van der Waals surface area contributed by atoms with Crippen LogP contribution in [0.3, 0.4) is 0 Å². The van der Waals surface area contributed by atoms with Crippen LogP contribution in [0.5, 0.6) is 0 Å². The Balaban J connectivity index is 2.07. The third kappa shape index (κ3) is 3.82. The largest absolute Gasteiger partial charge is 0.272 e. The van der Waals surface area contributed by atoms with E-state index in [1.165, 1.54) is 6.21 Å². The van der Waals surface area contributed by atoms with Crippen LogP contribution in [-0.2, 0) is 0 Å². The van der Waals surface area contributed by atoms with Crippen molar-refractivity contribution in [2.75, 3.05) is 0 Å². The van der Waals surface area contributed by atoms with E-state index in [1.807, 2.05) is 6.07 Å². The normalized spacial score (nSPS) is 10.8. The van der Waals surface area contributed by atoms with Gasteiger partial charge in [0.25, 0.3) is 5.91 Å². The van der Waals surface area contributed by atoms with Crippen molar-refractivity contribution in [1.29, 1.82) is 0 Å². The van der Waals surface area contributed by atoms with Gasteiger partial charge in [0.2, 0.25) is 0 Å². The maximum Gasteiger partial charge on any atom is 0.272 e. The van der Waals surface area contributed by atoms with Crippen LogP contribution in [0.1, 0.15) is 15.9 Å². The van der Waals surface area contributed by atoms with Crippen molar-refractivity contribution >= 4 is 51.3 Å². The maximum atomic E-state index is 11.9. The Morgan fingerprint density at radius 3 is 2.65 bits per heavy atom. The minimum atomic E-state index is -0.307. The molecule has 1 amide bonds. The molecular weight excluding hydrogens is 363 g/mol. The summed E-state index contributed by atoms with van der Waals surface area (Å²) in [6.45, 7) is 0. The average molecular weight is 372 g/mol. The number of nitrogens with one attached hydrogen (secondary N) is 1. The average Bonchev–Trinajstić information content (AvgIpc) is 2.41. The lowest BCUT2D eigenvalue weighted by Gasteiger charge is -2.02. The number of rotatable bonds is 3. The van der Waals surface area contributed by atoms with Gasteiger partial charge in [-0.3, -0.25) is 4.79 Å². The lowest BCUT2D eigenvalue weighted by Crippen LogP contribution is -2.18. The van der Waals surface area contributed by atoms with Crippen molar-refractivity contribution in [2.45, 2.75) is 0 Å². The third-order valence-electron chi connectivity index (χ3n) is 2.45. The summed E-state index contributed by atoms with van der Waals surface area (Å²) in [7, 11) is 0. The van der Waals surface area contributed by atoms with Crippen molar-refractivity contribution in [3.63, 3.8) is 0 Å². The van der Waals surface area contributed by atoms with Crippen LogP contribution in [0.15, 0.2) is 52.0 Å². The van der Waals surface area contributed by atoms with E-state index in [2.05, 4.69) is 26.5 Å². The van der Waals surface area contributed by atoms with Gasteiger partial charge in [-0.05, 0) is 40.2 Å². The first kappa shape index (κ1) is 15.0. The molecule has 0 aliphatic carbocycles. The SMILES string of the molecule is O=C(NN=Cc1ccc(Cl)cc1Cl)c1ccccc1Br. The van der Waals surface area contributed by atoms with Crippen LogP contribution in [0.4, 0.5) is 0 Å². The second-order valence-corrected chi connectivity index (χ2v) is 5.54. The van der Waals surface area contributed by atoms with E-state index >= 15 is 0 Å². The first-order valence-electron chi connectivity index (χ1n) is 5.61. The molecular formula is C14H9BrCl2N2O. The zero-order chi connectivity index (χ0) is 14.5. The van der Waals surface area contributed by atoms with Gasteiger partial charge >= 0.3 is 0 Å². The molecule has 0 heterocycles. The van der Waals surface area contributed by atoms with Gasteiger partial charge in [-0.15, -0.1) is 0 Å². The van der Waals surface area contributed by atoms with E-state index in [9.17, 15) is 4.79 Å². The number of hydrazone groups is 1. The molecule has 0 unspecified atom stereocenters. The highest BCUT2D eigenvalue weighted by Crippen LogP contribution is 2.19. The summed E-state index contributed by atoms with van der Waals surface area (Å²) in [5, 5.41) is 4.89. The van der Waals surface area contributed by atoms with Crippen molar-refractivity contribution in [3.8, 4) is 0 Å². The molecule has 0 aliphatic heterocycles. The summed E-state index contributed by atoms with van der Waals surface area (Å²) in [4.78, 5) is 11.9.